The van der Waals surface area contributed by atoms with Crippen LogP contribution in [0.5, 0.6) is 0 Å². The van der Waals surface area contributed by atoms with Gasteiger partial charge in [-0.3, -0.25) is 4.99 Å². The third kappa shape index (κ3) is 5.98. The minimum absolute atomic E-state index is 0. The summed E-state index contributed by atoms with van der Waals surface area (Å²) in [6.07, 6.45) is 1.75. The first-order valence-electron chi connectivity index (χ1n) is 7.41. The predicted octanol–water partition coefficient (Wildman–Crippen LogP) is 2.13. The van der Waals surface area contributed by atoms with Crippen LogP contribution in [0.15, 0.2) is 35.8 Å². The number of hydrogen-bond acceptors (Lipinski definition) is 3. The molecule has 1 saturated heterocycles. The lowest BCUT2D eigenvalue weighted by Gasteiger charge is -2.29. The molecule has 0 aromatic heterocycles. The molecule has 0 atom stereocenters. The summed E-state index contributed by atoms with van der Waals surface area (Å²) >= 11 is 0. The van der Waals surface area contributed by atoms with Crippen molar-refractivity contribution in [3.05, 3.63) is 42.2 Å². The number of guanidine groups is 1. The highest BCUT2D eigenvalue weighted by atomic mass is 127. The molecule has 1 aliphatic rings. The van der Waals surface area contributed by atoms with Gasteiger partial charge >= 0.3 is 0 Å². The topological polar surface area (TPSA) is 48.9 Å². The van der Waals surface area contributed by atoms with Crippen LogP contribution < -0.4 is 15.5 Å². The van der Waals surface area contributed by atoms with Crippen LogP contribution in [0, 0.1) is 5.82 Å². The lowest BCUT2D eigenvalue weighted by atomic mass is 10.1. The molecule has 2 rings (SSSR count). The van der Waals surface area contributed by atoms with Gasteiger partial charge in [0.2, 0.25) is 0 Å². The number of nitrogens with zero attached hydrogens (tertiary/aromatic N) is 2. The van der Waals surface area contributed by atoms with Crippen LogP contribution in [-0.4, -0.2) is 45.9 Å². The smallest absolute Gasteiger partial charge is 0.191 e. The van der Waals surface area contributed by atoms with Crippen LogP contribution >= 0.6 is 24.0 Å². The number of anilines is 1. The molecule has 0 unspecified atom stereocenters. The maximum atomic E-state index is 14.3. The minimum Gasteiger partial charge on any atom is -0.378 e. The normalized spacial score (nSPS) is 14.9. The maximum absolute atomic E-state index is 14.3. The van der Waals surface area contributed by atoms with Gasteiger partial charge in [0.1, 0.15) is 5.82 Å². The fourth-order valence-electron chi connectivity index (χ4n) is 2.30. The van der Waals surface area contributed by atoms with E-state index in [1.165, 1.54) is 0 Å². The van der Waals surface area contributed by atoms with E-state index in [1.807, 2.05) is 17.0 Å². The van der Waals surface area contributed by atoms with Crippen molar-refractivity contribution in [1.29, 1.82) is 0 Å². The largest absolute Gasteiger partial charge is 0.378 e. The van der Waals surface area contributed by atoms with Crippen LogP contribution in [0.1, 0.15) is 5.56 Å². The minimum atomic E-state index is -0.199. The highest BCUT2D eigenvalue weighted by Gasteiger charge is 2.15. The number of nitrogens with one attached hydrogen (secondary N) is 2. The summed E-state index contributed by atoms with van der Waals surface area (Å²) in [5.41, 5.74) is 1.51. The average molecular weight is 434 g/mol. The van der Waals surface area contributed by atoms with Crippen molar-refractivity contribution >= 4 is 35.6 Å². The Bertz CT molecular complexity index is 533. The standard InChI is InChI=1S/C16H23FN4O.HI/c1-3-6-19-16(18-2)20-12-13-4-5-15(14(17)11-13)21-7-9-22-10-8-21;/h3-5,11H,1,6-10,12H2,2H3,(H2,18,19,20);1H. The number of halogens is 2. The van der Waals surface area contributed by atoms with Gasteiger partial charge in [0, 0.05) is 33.2 Å². The molecule has 0 amide bonds. The Hall–Kier alpha value is -1.35. The van der Waals surface area contributed by atoms with E-state index in [2.05, 4.69) is 22.2 Å². The zero-order chi connectivity index (χ0) is 15.8. The molecule has 1 fully saturated rings. The molecule has 1 aliphatic heterocycles. The average Bonchev–Trinajstić information content (AvgIpc) is 2.56. The third-order valence-corrected chi connectivity index (χ3v) is 3.46. The third-order valence-electron chi connectivity index (χ3n) is 3.46. The van der Waals surface area contributed by atoms with E-state index >= 15 is 0 Å². The van der Waals surface area contributed by atoms with Gasteiger partial charge in [0.15, 0.2) is 5.96 Å². The second-order valence-corrected chi connectivity index (χ2v) is 4.98. The molecule has 0 radical (unpaired) electrons. The van der Waals surface area contributed by atoms with Gasteiger partial charge in [0.25, 0.3) is 0 Å². The number of ether oxygens (including phenoxy) is 1. The van der Waals surface area contributed by atoms with Gasteiger partial charge in [-0.15, -0.1) is 30.6 Å². The second-order valence-electron chi connectivity index (χ2n) is 4.98. The number of rotatable bonds is 5. The number of benzene rings is 1. The van der Waals surface area contributed by atoms with Gasteiger partial charge in [-0.1, -0.05) is 12.1 Å². The molecule has 128 valence electrons. The fourth-order valence-corrected chi connectivity index (χ4v) is 2.30. The predicted molar refractivity (Wildman–Crippen MR) is 103 cm³/mol. The van der Waals surface area contributed by atoms with Gasteiger partial charge < -0.3 is 20.3 Å². The highest BCUT2D eigenvalue weighted by Crippen LogP contribution is 2.21. The van der Waals surface area contributed by atoms with Crippen molar-refractivity contribution < 1.29 is 9.13 Å². The van der Waals surface area contributed by atoms with Crippen molar-refractivity contribution in [2.45, 2.75) is 6.54 Å². The Morgan fingerprint density at radius 1 is 1.39 bits per heavy atom. The Balaban J connectivity index is 0.00000264. The zero-order valence-corrected chi connectivity index (χ0v) is 15.7. The van der Waals surface area contributed by atoms with Gasteiger partial charge in [-0.2, -0.15) is 0 Å². The molecule has 0 bridgehead atoms. The van der Waals surface area contributed by atoms with Gasteiger partial charge in [0.05, 0.1) is 18.9 Å². The highest BCUT2D eigenvalue weighted by molar-refractivity contribution is 14.0. The fraction of sp³-hybridized carbons (Fsp3) is 0.438. The summed E-state index contributed by atoms with van der Waals surface area (Å²) in [6, 6.07) is 5.33. The molecule has 1 heterocycles. The molecular weight excluding hydrogens is 410 g/mol. The molecule has 0 spiro atoms. The van der Waals surface area contributed by atoms with E-state index in [1.54, 1.807) is 19.2 Å². The summed E-state index contributed by atoms with van der Waals surface area (Å²) in [6.45, 7) is 7.53. The Labute approximate surface area is 154 Å². The summed E-state index contributed by atoms with van der Waals surface area (Å²) in [5.74, 6) is 0.466. The number of hydrogen-bond donors (Lipinski definition) is 2. The number of morpholine rings is 1. The van der Waals surface area contributed by atoms with Crippen LogP contribution in [0.4, 0.5) is 10.1 Å². The summed E-state index contributed by atoms with van der Waals surface area (Å²) in [7, 11) is 1.69. The first-order chi connectivity index (χ1) is 10.7. The maximum Gasteiger partial charge on any atom is 0.191 e. The molecule has 23 heavy (non-hydrogen) atoms. The van der Waals surface area contributed by atoms with Gasteiger partial charge in [-0.25, -0.2) is 4.39 Å². The van der Waals surface area contributed by atoms with Crippen LogP contribution in [0.25, 0.3) is 0 Å². The molecule has 7 heteroatoms. The van der Waals surface area contributed by atoms with E-state index in [0.29, 0.717) is 38.0 Å². The lowest BCUT2D eigenvalue weighted by Crippen LogP contribution is -2.37. The van der Waals surface area contributed by atoms with Crippen LogP contribution in [-0.2, 0) is 11.3 Å². The van der Waals surface area contributed by atoms with Crippen molar-refractivity contribution in [2.24, 2.45) is 4.99 Å². The monoisotopic (exact) mass is 434 g/mol. The van der Waals surface area contributed by atoms with E-state index in [9.17, 15) is 4.39 Å². The first kappa shape index (κ1) is 19.7. The van der Waals surface area contributed by atoms with Crippen LogP contribution in [0.3, 0.4) is 0 Å². The summed E-state index contributed by atoms with van der Waals surface area (Å²) in [4.78, 5) is 6.10. The molecule has 5 nitrogen and oxygen atoms in total. The molecule has 0 saturated carbocycles. The van der Waals surface area contributed by atoms with Crippen molar-refractivity contribution in [3.63, 3.8) is 0 Å². The molecule has 0 aliphatic carbocycles. The van der Waals surface area contributed by atoms with E-state index < -0.39 is 0 Å². The Kier molecular flexibility index (Phi) is 8.93. The van der Waals surface area contributed by atoms with E-state index in [4.69, 9.17) is 4.74 Å². The van der Waals surface area contributed by atoms with E-state index in [-0.39, 0.29) is 29.8 Å². The lowest BCUT2D eigenvalue weighted by molar-refractivity contribution is 0.122. The summed E-state index contributed by atoms with van der Waals surface area (Å²) in [5, 5.41) is 6.21. The molecular formula is C16H24FIN4O. The Morgan fingerprint density at radius 2 is 2.13 bits per heavy atom. The Morgan fingerprint density at radius 3 is 2.74 bits per heavy atom. The quantitative estimate of drug-likeness (QED) is 0.323. The molecule has 1 aromatic carbocycles. The molecule has 1 aromatic rings. The second kappa shape index (κ2) is 10.4. The van der Waals surface area contributed by atoms with Gasteiger partial charge in [-0.05, 0) is 17.7 Å². The molecule has 2 N–H and O–H groups in total. The first-order valence-corrected chi connectivity index (χ1v) is 7.41. The van der Waals surface area contributed by atoms with Crippen molar-refractivity contribution in [2.75, 3.05) is 44.8 Å². The summed E-state index contributed by atoms with van der Waals surface area (Å²) < 4.78 is 19.6. The van der Waals surface area contributed by atoms with Crippen LogP contribution in [0.2, 0.25) is 0 Å². The van der Waals surface area contributed by atoms with Crippen molar-refractivity contribution in [1.82, 2.24) is 10.6 Å². The van der Waals surface area contributed by atoms with E-state index in [0.717, 1.165) is 18.7 Å². The van der Waals surface area contributed by atoms with Crippen molar-refractivity contribution in [3.8, 4) is 0 Å². The number of aliphatic imine (C=N–C) groups is 1. The SMILES string of the molecule is C=CCNC(=NC)NCc1ccc(N2CCOCC2)c(F)c1.I. The zero-order valence-electron chi connectivity index (χ0n) is 13.3.